The van der Waals surface area contributed by atoms with Gasteiger partial charge in [-0.15, -0.1) is 0 Å². The molecule has 0 saturated carbocycles. The molecule has 1 unspecified atom stereocenters. The van der Waals surface area contributed by atoms with Gasteiger partial charge in [0.15, 0.2) is 5.65 Å². The summed E-state index contributed by atoms with van der Waals surface area (Å²) in [4.78, 5) is 23.2. The normalized spacial score (nSPS) is 15.5. The first kappa shape index (κ1) is 25.5. The Morgan fingerprint density at radius 2 is 1.97 bits per heavy atom. The van der Waals surface area contributed by atoms with Gasteiger partial charge in [0.2, 0.25) is 5.88 Å². The van der Waals surface area contributed by atoms with Gasteiger partial charge >= 0.3 is 6.09 Å². The van der Waals surface area contributed by atoms with Crippen LogP contribution < -0.4 is 4.74 Å². The molecule has 1 aliphatic heterocycles. The fraction of sp³-hybridized carbons (Fsp3) is 0.321. The third kappa shape index (κ3) is 5.41. The molecule has 4 heterocycles. The van der Waals surface area contributed by atoms with Crippen LogP contribution in [0.25, 0.3) is 28.0 Å². The van der Waals surface area contributed by atoms with E-state index >= 15 is 0 Å². The lowest BCUT2D eigenvalue weighted by molar-refractivity contribution is 0.0275. The number of pyridine rings is 1. The molecule has 0 spiro atoms. The average molecular weight is 531 g/mol. The van der Waals surface area contributed by atoms with E-state index in [4.69, 9.17) is 31.2 Å². The molecule has 194 valence electrons. The number of likely N-dealkylation sites (tertiary alicyclic amines) is 1. The number of halogens is 1. The molecule has 1 aromatic carbocycles. The number of amides is 1. The Labute approximate surface area is 225 Å². The average Bonchev–Trinajstić information content (AvgIpc) is 3.47. The molecule has 38 heavy (non-hydrogen) atoms. The molecule has 0 bridgehead atoms. The van der Waals surface area contributed by atoms with E-state index in [-0.39, 0.29) is 12.2 Å². The van der Waals surface area contributed by atoms with Crippen molar-refractivity contribution in [3.05, 3.63) is 65.1 Å². The topological polar surface area (TPSA) is 106 Å². The van der Waals surface area contributed by atoms with Crippen LogP contribution in [-0.2, 0) is 4.74 Å². The Morgan fingerprint density at radius 3 is 2.71 bits per heavy atom. The summed E-state index contributed by atoms with van der Waals surface area (Å²) in [7, 11) is 0. The second kappa shape index (κ2) is 9.95. The van der Waals surface area contributed by atoms with E-state index in [0.29, 0.717) is 47.4 Å². The Hall–Kier alpha value is -4.16. The van der Waals surface area contributed by atoms with E-state index in [1.54, 1.807) is 39.9 Å². The molecular formula is C28H27ClN6O3. The summed E-state index contributed by atoms with van der Waals surface area (Å²) in [6, 6.07) is 14.9. The first-order valence-electron chi connectivity index (χ1n) is 12.3. The van der Waals surface area contributed by atoms with Crippen LogP contribution in [0.4, 0.5) is 4.79 Å². The lowest BCUT2D eigenvalue weighted by Crippen LogP contribution is -2.36. The van der Waals surface area contributed by atoms with Crippen molar-refractivity contribution in [2.24, 2.45) is 0 Å². The van der Waals surface area contributed by atoms with Crippen molar-refractivity contribution >= 4 is 23.3 Å². The number of nitriles is 1. The van der Waals surface area contributed by atoms with Crippen LogP contribution in [0.2, 0.25) is 5.15 Å². The highest BCUT2D eigenvalue weighted by Crippen LogP contribution is 2.36. The number of hydrogen-bond acceptors (Lipinski definition) is 7. The van der Waals surface area contributed by atoms with Crippen molar-refractivity contribution in [3.63, 3.8) is 0 Å². The molecule has 1 aliphatic rings. The van der Waals surface area contributed by atoms with Crippen LogP contribution in [0.15, 0.2) is 48.7 Å². The van der Waals surface area contributed by atoms with Crippen molar-refractivity contribution in [1.82, 2.24) is 24.5 Å². The van der Waals surface area contributed by atoms with Gasteiger partial charge in [-0.1, -0.05) is 23.7 Å². The number of carbonyl (C=O) groups excluding carboxylic acids is 1. The maximum Gasteiger partial charge on any atom is 0.410 e. The highest BCUT2D eigenvalue weighted by Gasteiger charge is 2.31. The maximum absolute atomic E-state index is 12.5. The molecule has 4 aromatic rings. The fourth-order valence-corrected chi connectivity index (χ4v) is 4.69. The molecule has 1 amide bonds. The Balaban J connectivity index is 1.51. The van der Waals surface area contributed by atoms with Crippen molar-refractivity contribution in [2.45, 2.75) is 45.8 Å². The molecular weight excluding hydrogens is 504 g/mol. The summed E-state index contributed by atoms with van der Waals surface area (Å²) in [6.07, 6.45) is 1.89. The quantitative estimate of drug-likeness (QED) is 0.312. The van der Waals surface area contributed by atoms with Crippen LogP contribution in [-0.4, -0.2) is 55.4 Å². The Bertz CT molecular complexity index is 1550. The predicted octanol–water partition coefficient (Wildman–Crippen LogP) is 5.68. The highest BCUT2D eigenvalue weighted by molar-refractivity contribution is 6.29. The third-order valence-electron chi connectivity index (χ3n) is 6.02. The minimum absolute atomic E-state index is 0.215. The lowest BCUT2D eigenvalue weighted by atomic mass is 10.0. The molecule has 0 radical (unpaired) electrons. The second-order valence-electron chi connectivity index (χ2n) is 10.2. The van der Waals surface area contributed by atoms with Crippen molar-refractivity contribution < 1.29 is 14.3 Å². The van der Waals surface area contributed by atoms with E-state index in [9.17, 15) is 10.1 Å². The Kier molecular flexibility index (Phi) is 6.67. The van der Waals surface area contributed by atoms with E-state index < -0.39 is 5.60 Å². The lowest BCUT2D eigenvalue weighted by Gasteiger charge is -2.24. The molecule has 0 aliphatic carbocycles. The third-order valence-corrected chi connectivity index (χ3v) is 6.21. The zero-order valence-corrected chi connectivity index (χ0v) is 22.4. The number of rotatable bonds is 4. The van der Waals surface area contributed by atoms with Gasteiger partial charge in [0.1, 0.15) is 22.6 Å². The molecule has 9 nitrogen and oxygen atoms in total. The molecule has 1 atom stereocenters. The number of nitrogens with zero attached hydrogens (tertiary/aromatic N) is 6. The number of aryl methyl sites for hydroxylation is 1. The Morgan fingerprint density at radius 1 is 1.16 bits per heavy atom. The number of carbonyl (C=O) groups is 1. The van der Waals surface area contributed by atoms with E-state index in [1.807, 2.05) is 45.9 Å². The summed E-state index contributed by atoms with van der Waals surface area (Å²) in [5.74, 6) is 0.420. The fourth-order valence-electron chi connectivity index (χ4n) is 4.44. The van der Waals surface area contributed by atoms with Gasteiger partial charge in [0.25, 0.3) is 0 Å². The smallest absolute Gasteiger partial charge is 0.410 e. The predicted molar refractivity (Wildman–Crippen MR) is 143 cm³/mol. The maximum atomic E-state index is 12.5. The van der Waals surface area contributed by atoms with Gasteiger partial charge in [-0.2, -0.15) is 15.3 Å². The van der Waals surface area contributed by atoms with Crippen LogP contribution in [0.1, 0.15) is 38.4 Å². The standard InChI is InChI=1S/C28H27ClN6O3/c1-17-12-20(14-22(29)31-17)24-25(19-7-5-6-18(13-19)15-30)33-35-11-9-23(32-26(24)35)37-21-8-10-34(16-21)27(36)38-28(2,3)4/h5-7,9,11-14,21H,8,10,16H2,1-4H3. The number of ether oxygens (including phenoxy) is 2. The van der Waals surface area contributed by atoms with Gasteiger partial charge in [-0.3, -0.25) is 0 Å². The number of benzene rings is 1. The number of fused-ring (bicyclic) bond motifs is 1. The summed E-state index contributed by atoms with van der Waals surface area (Å²) in [5, 5.41) is 14.6. The number of aromatic nitrogens is 4. The monoisotopic (exact) mass is 530 g/mol. The van der Waals surface area contributed by atoms with Gasteiger partial charge < -0.3 is 14.4 Å². The minimum atomic E-state index is -0.556. The van der Waals surface area contributed by atoms with Crippen molar-refractivity contribution in [1.29, 1.82) is 5.26 Å². The molecule has 1 fully saturated rings. The van der Waals surface area contributed by atoms with E-state index in [2.05, 4.69) is 11.1 Å². The zero-order valence-electron chi connectivity index (χ0n) is 21.6. The molecule has 1 saturated heterocycles. The summed E-state index contributed by atoms with van der Waals surface area (Å²) < 4.78 is 13.4. The highest BCUT2D eigenvalue weighted by atomic mass is 35.5. The first-order valence-corrected chi connectivity index (χ1v) is 12.7. The largest absolute Gasteiger partial charge is 0.472 e. The number of hydrogen-bond donors (Lipinski definition) is 0. The van der Waals surface area contributed by atoms with Gasteiger partial charge in [-0.25, -0.2) is 14.3 Å². The van der Waals surface area contributed by atoms with Crippen LogP contribution in [0, 0.1) is 18.3 Å². The van der Waals surface area contributed by atoms with Crippen LogP contribution >= 0.6 is 11.6 Å². The summed E-state index contributed by atoms with van der Waals surface area (Å²) in [5.41, 5.74) is 4.29. The van der Waals surface area contributed by atoms with Crippen molar-refractivity contribution in [3.8, 4) is 34.3 Å². The van der Waals surface area contributed by atoms with Crippen LogP contribution in [0.3, 0.4) is 0 Å². The molecule has 5 rings (SSSR count). The zero-order chi connectivity index (χ0) is 27.0. The van der Waals surface area contributed by atoms with E-state index in [1.165, 1.54) is 0 Å². The van der Waals surface area contributed by atoms with E-state index in [0.717, 1.165) is 22.4 Å². The molecule has 10 heteroatoms. The van der Waals surface area contributed by atoms with Gasteiger partial charge in [0.05, 0.1) is 23.7 Å². The van der Waals surface area contributed by atoms with Crippen molar-refractivity contribution in [2.75, 3.05) is 13.1 Å². The SMILES string of the molecule is Cc1cc(-c2c(-c3cccc(C#N)c3)nn3ccc(OC4CCN(C(=O)OC(C)(C)C)C4)nc23)cc(Cl)n1. The minimum Gasteiger partial charge on any atom is -0.472 e. The van der Waals surface area contributed by atoms with Gasteiger partial charge in [-0.05, 0) is 57.5 Å². The van der Waals surface area contributed by atoms with Gasteiger partial charge in [0, 0.05) is 36.5 Å². The van der Waals surface area contributed by atoms with Crippen LogP contribution in [0.5, 0.6) is 5.88 Å². The summed E-state index contributed by atoms with van der Waals surface area (Å²) >= 11 is 6.32. The molecule has 3 aromatic heterocycles. The first-order chi connectivity index (χ1) is 18.1. The second-order valence-corrected chi connectivity index (χ2v) is 10.6. The summed E-state index contributed by atoms with van der Waals surface area (Å²) in [6.45, 7) is 8.38. The molecule has 0 N–H and O–H groups in total.